The van der Waals surface area contributed by atoms with E-state index in [2.05, 4.69) is 4.74 Å². The molecule has 0 aromatic heterocycles. The van der Waals surface area contributed by atoms with E-state index in [1.807, 2.05) is 20.8 Å². The molecule has 0 heterocycles. The van der Waals surface area contributed by atoms with Gasteiger partial charge in [0.2, 0.25) is 0 Å². The van der Waals surface area contributed by atoms with Gasteiger partial charge < -0.3 is 4.74 Å². The summed E-state index contributed by atoms with van der Waals surface area (Å²) >= 11 is 0. The summed E-state index contributed by atoms with van der Waals surface area (Å²) in [5.41, 5.74) is -0.508. The molecule has 0 aromatic rings. The summed E-state index contributed by atoms with van der Waals surface area (Å²) in [6, 6.07) is 0. The van der Waals surface area contributed by atoms with E-state index in [-0.39, 0.29) is 18.3 Å². The zero-order valence-corrected chi connectivity index (χ0v) is 10.2. The van der Waals surface area contributed by atoms with Gasteiger partial charge in [-0.3, -0.25) is 9.59 Å². The molecule has 0 bridgehead atoms. The Balaban J connectivity index is 2.85. The van der Waals surface area contributed by atoms with Crippen LogP contribution in [0.3, 0.4) is 0 Å². The molecule has 4 nitrogen and oxygen atoms in total. The number of rotatable bonds is 3. The number of esters is 1. The quantitative estimate of drug-likeness (QED) is 0.414. The summed E-state index contributed by atoms with van der Waals surface area (Å²) in [4.78, 5) is 35.0. The van der Waals surface area contributed by atoms with E-state index in [1.165, 1.54) is 0 Å². The van der Waals surface area contributed by atoms with Crippen LogP contribution >= 0.6 is 0 Å². The Morgan fingerprint density at radius 1 is 1.44 bits per heavy atom. The highest BCUT2D eigenvalue weighted by molar-refractivity contribution is 6.39. The van der Waals surface area contributed by atoms with Crippen LogP contribution in [0.2, 0.25) is 0 Å². The second kappa shape index (κ2) is 4.36. The molecule has 0 saturated heterocycles. The third kappa shape index (κ3) is 2.15. The summed E-state index contributed by atoms with van der Waals surface area (Å²) in [6.45, 7) is 7.24. The first-order valence-corrected chi connectivity index (χ1v) is 5.56. The van der Waals surface area contributed by atoms with E-state index in [0.717, 1.165) is 0 Å². The van der Waals surface area contributed by atoms with Crippen molar-refractivity contribution in [1.29, 1.82) is 0 Å². The van der Waals surface area contributed by atoms with Crippen molar-refractivity contribution >= 4 is 17.5 Å². The Kier molecular flexibility index (Phi) is 3.51. The molecule has 1 rings (SSSR count). The molecule has 1 fully saturated rings. The van der Waals surface area contributed by atoms with E-state index in [4.69, 9.17) is 0 Å². The van der Waals surface area contributed by atoms with Crippen molar-refractivity contribution in [3.63, 3.8) is 0 Å². The van der Waals surface area contributed by atoms with Gasteiger partial charge in [0, 0.05) is 5.41 Å². The fourth-order valence-electron chi connectivity index (χ4n) is 2.41. The van der Waals surface area contributed by atoms with Gasteiger partial charge in [-0.2, -0.15) is 0 Å². The second-order valence-corrected chi connectivity index (χ2v) is 4.99. The maximum absolute atomic E-state index is 12.0. The van der Waals surface area contributed by atoms with Crippen LogP contribution < -0.4 is 0 Å². The van der Waals surface area contributed by atoms with Crippen LogP contribution in [0.1, 0.15) is 34.1 Å². The minimum absolute atomic E-state index is 0.0839. The second-order valence-electron chi connectivity index (χ2n) is 4.99. The SMILES string of the molecule is CCOC(=O)C(=O)C1C(=O)C(C)(C)CC1C. The van der Waals surface area contributed by atoms with Gasteiger partial charge >= 0.3 is 5.97 Å². The van der Waals surface area contributed by atoms with Crippen molar-refractivity contribution in [3.05, 3.63) is 0 Å². The average molecular weight is 226 g/mol. The predicted octanol–water partition coefficient (Wildman–Crippen LogP) is 1.37. The van der Waals surface area contributed by atoms with Crippen LogP contribution in [0.4, 0.5) is 0 Å². The Morgan fingerprint density at radius 2 is 2.00 bits per heavy atom. The maximum atomic E-state index is 12.0. The Bertz CT molecular complexity index is 330. The molecule has 2 unspecified atom stereocenters. The minimum atomic E-state index is -0.884. The van der Waals surface area contributed by atoms with E-state index < -0.39 is 23.1 Å². The average Bonchev–Trinajstić information content (AvgIpc) is 2.36. The largest absolute Gasteiger partial charge is 0.460 e. The molecule has 4 heteroatoms. The maximum Gasteiger partial charge on any atom is 0.375 e. The van der Waals surface area contributed by atoms with Crippen LogP contribution in [0.15, 0.2) is 0 Å². The highest BCUT2D eigenvalue weighted by Crippen LogP contribution is 2.42. The fraction of sp³-hybridized carbons (Fsp3) is 0.750. The zero-order valence-electron chi connectivity index (χ0n) is 10.2. The molecular weight excluding hydrogens is 208 g/mol. The van der Waals surface area contributed by atoms with Crippen molar-refractivity contribution < 1.29 is 19.1 Å². The minimum Gasteiger partial charge on any atom is -0.460 e. The van der Waals surface area contributed by atoms with Gasteiger partial charge in [-0.05, 0) is 19.3 Å². The first-order chi connectivity index (χ1) is 7.31. The van der Waals surface area contributed by atoms with Crippen molar-refractivity contribution in [2.24, 2.45) is 17.3 Å². The van der Waals surface area contributed by atoms with Crippen LogP contribution in [-0.2, 0) is 19.1 Å². The van der Waals surface area contributed by atoms with Gasteiger partial charge in [0.1, 0.15) is 5.78 Å². The molecule has 1 aliphatic rings. The molecule has 1 aliphatic carbocycles. The van der Waals surface area contributed by atoms with Crippen LogP contribution in [-0.4, -0.2) is 24.1 Å². The summed E-state index contributed by atoms with van der Waals surface area (Å²) in [5.74, 6) is -2.61. The van der Waals surface area contributed by atoms with E-state index in [1.54, 1.807) is 6.92 Å². The van der Waals surface area contributed by atoms with Crippen LogP contribution in [0.25, 0.3) is 0 Å². The summed E-state index contributed by atoms with van der Waals surface area (Å²) in [7, 11) is 0. The fourth-order valence-corrected chi connectivity index (χ4v) is 2.41. The number of ketones is 2. The molecule has 0 aliphatic heterocycles. The molecule has 16 heavy (non-hydrogen) atoms. The van der Waals surface area contributed by atoms with Gasteiger partial charge in [-0.1, -0.05) is 20.8 Å². The lowest BCUT2D eigenvalue weighted by Gasteiger charge is -2.14. The first kappa shape index (κ1) is 12.9. The predicted molar refractivity (Wildman–Crippen MR) is 57.7 cm³/mol. The van der Waals surface area contributed by atoms with Gasteiger partial charge in [-0.25, -0.2) is 4.79 Å². The van der Waals surface area contributed by atoms with Crippen LogP contribution in [0, 0.1) is 17.3 Å². The topological polar surface area (TPSA) is 60.4 Å². The van der Waals surface area contributed by atoms with E-state index >= 15 is 0 Å². The smallest absolute Gasteiger partial charge is 0.375 e. The number of Topliss-reactive ketones (excluding diaryl/α,β-unsaturated/α-hetero) is 2. The Labute approximate surface area is 95.3 Å². The number of ether oxygens (including phenoxy) is 1. The summed E-state index contributed by atoms with van der Waals surface area (Å²) in [6.07, 6.45) is 0.641. The third-order valence-corrected chi connectivity index (χ3v) is 3.11. The van der Waals surface area contributed by atoms with E-state index in [0.29, 0.717) is 6.42 Å². The van der Waals surface area contributed by atoms with Gasteiger partial charge in [0.05, 0.1) is 12.5 Å². The zero-order chi connectivity index (χ0) is 12.5. The van der Waals surface area contributed by atoms with Gasteiger partial charge in [0.25, 0.3) is 5.78 Å². The van der Waals surface area contributed by atoms with Crippen molar-refractivity contribution in [3.8, 4) is 0 Å². The molecule has 2 atom stereocenters. The first-order valence-electron chi connectivity index (χ1n) is 5.56. The monoisotopic (exact) mass is 226 g/mol. The number of carbonyl (C=O) groups is 3. The molecule has 0 radical (unpaired) electrons. The number of hydrogen-bond acceptors (Lipinski definition) is 4. The molecule has 0 spiro atoms. The summed E-state index contributed by atoms with van der Waals surface area (Å²) in [5, 5.41) is 0. The molecule has 0 aromatic carbocycles. The van der Waals surface area contributed by atoms with Crippen molar-refractivity contribution in [2.75, 3.05) is 6.61 Å². The normalized spacial score (nSPS) is 27.9. The van der Waals surface area contributed by atoms with E-state index in [9.17, 15) is 14.4 Å². The molecule has 0 amide bonds. The van der Waals surface area contributed by atoms with Crippen molar-refractivity contribution in [1.82, 2.24) is 0 Å². The Hall–Kier alpha value is -1.19. The molecular formula is C12H18O4. The molecule has 90 valence electrons. The Morgan fingerprint density at radius 3 is 2.38 bits per heavy atom. The molecule has 1 saturated carbocycles. The highest BCUT2D eigenvalue weighted by Gasteiger charge is 2.50. The lowest BCUT2D eigenvalue weighted by molar-refractivity contribution is -0.157. The highest BCUT2D eigenvalue weighted by atomic mass is 16.5. The van der Waals surface area contributed by atoms with Gasteiger partial charge in [0.15, 0.2) is 0 Å². The van der Waals surface area contributed by atoms with Crippen LogP contribution in [0.5, 0.6) is 0 Å². The van der Waals surface area contributed by atoms with Gasteiger partial charge in [-0.15, -0.1) is 0 Å². The molecule has 0 N–H and O–H groups in total. The summed E-state index contributed by atoms with van der Waals surface area (Å²) < 4.78 is 4.64. The standard InChI is InChI=1S/C12H18O4/c1-5-16-11(15)9(13)8-7(2)6-12(3,4)10(8)14/h7-8H,5-6H2,1-4H3. The lowest BCUT2D eigenvalue weighted by atomic mass is 9.88. The lowest BCUT2D eigenvalue weighted by Crippen LogP contribution is -2.34. The number of carbonyl (C=O) groups excluding carboxylic acids is 3. The van der Waals surface area contributed by atoms with Crippen molar-refractivity contribution in [2.45, 2.75) is 34.1 Å². The number of hydrogen-bond donors (Lipinski definition) is 0. The third-order valence-electron chi connectivity index (χ3n) is 3.11.